The number of benzene rings is 13. The second kappa shape index (κ2) is 21.4. The van der Waals surface area contributed by atoms with E-state index in [4.69, 9.17) is 17.7 Å². The lowest BCUT2D eigenvalue weighted by molar-refractivity contribution is 0.631. The van der Waals surface area contributed by atoms with Crippen LogP contribution in [0.1, 0.15) is 5.56 Å². The van der Waals surface area contributed by atoms with Crippen LogP contribution in [0.5, 0.6) is 0 Å². The highest BCUT2D eigenvalue weighted by Crippen LogP contribution is 2.48. The fourth-order valence-electron chi connectivity index (χ4n) is 14.5. The van der Waals surface area contributed by atoms with E-state index in [-0.39, 0.29) is 6.71 Å². The van der Waals surface area contributed by atoms with Crippen LogP contribution in [-0.2, 0) is 0 Å². The molecule has 7 heteroatoms. The Bertz CT molecular complexity index is 5340. The second-order valence-corrected chi connectivity index (χ2v) is 24.9. The summed E-state index contributed by atoms with van der Waals surface area (Å²) in [6, 6.07) is 114. The Balaban J connectivity index is 0.770. The SMILES string of the molecule is Cc1cc2c3c(c1)N(c1cccc(-c4ccc(-c5cc6ccccc6o5)cc4)c1)c1cc(-c4ccc(-c5cc6ccccc6o5)cc4)ccc1B3c1ccc(-c3ccc(-c4cc5ccccc5o4)cc3)cc1N2c1cccc(-c2ccc(-c3cc4ccccc4o3)cc2)c1. The van der Waals surface area contributed by atoms with Crippen molar-refractivity contribution in [1.82, 2.24) is 0 Å². The molecule has 17 aromatic rings. The number of fused-ring (bicyclic) bond motifs is 8. The molecule has 4 aromatic heterocycles. The maximum Gasteiger partial charge on any atom is 0.252 e. The number of rotatable bonds is 10. The van der Waals surface area contributed by atoms with Crippen molar-refractivity contribution < 1.29 is 17.7 Å². The molecule has 0 amide bonds. The van der Waals surface area contributed by atoms with Crippen molar-refractivity contribution in [3.05, 3.63) is 321 Å². The van der Waals surface area contributed by atoms with Crippen molar-refractivity contribution in [1.29, 1.82) is 0 Å². The molecule has 2 aliphatic rings. The van der Waals surface area contributed by atoms with Crippen LogP contribution in [0.2, 0.25) is 0 Å². The fourth-order valence-corrected chi connectivity index (χ4v) is 14.5. The Morgan fingerprint density at radius 1 is 0.234 bits per heavy atom. The molecule has 0 bridgehead atoms. The molecule has 0 spiro atoms. The van der Waals surface area contributed by atoms with Gasteiger partial charge in [0.1, 0.15) is 45.4 Å². The summed E-state index contributed by atoms with van der Waals surface area (Å²) < 4.78 is 25.4. The van der Waals surface area contributed by atoms with Crippen LogP contribution < -0.4 is 26.2 Å². The van der Waals surface area contributed by atoms with Crippen LogP contribution in [0, 0.1) is 6.92 Å². The summed E-state index contributed by atoms with van der Waals surface area (Å²) in [7, 11) is 0. The molecule has 0 fully saturated rings. The number of anilines is 6. The Kier molecular flexibility index (Phi) is 12.2. The first-order valence-corrected chi connectivity index (χ1v) is 32.0. The van der Waals surface area contributed by atoms with Crippen LogP contribution >= 0.6 is 0 Å². The highest BCUT2D eigenvalue weighted by atomic mass is 16.3. The molecule has 440 valence electrons. The minimum Gasteiger partial charge on any atom is -0.456 e. The highest BCUT2D eigenvalue weighted by molar-refractivity contribution is 7.00. The van der Waals surface area contributed by atoms with Gasteiger partial charge in [-0.1, -0.05) is 218 Å². The normalized spacial score (nSPS) is 12.5. The molecular weight excluding hydrogens is 1150 g/mol. The fraction of sp³-hybridized carbons (Fsp3) is 0.0115. The summed E-state index contributed by atoms with van der Waals surface area (Å²) >= 11 is 0. The van der Waals surface area contributed by atoms with Crippen LogP contribution in [0.25, 0.3) is 134 Å². The van der Waals surface area contributed by atoms with E-state index in [9.17, 15) is 0 Å². The molecule has 6 nitrogen and oxygen atoms in total. The van der Waals surface area contributed by atoms with E-state index >= 15 is 0 Å². The monoisotopic (exact) mass is 1200 g/mol. The predicted octanol–water partition coefficient (Wildman–Crippen LogP) is 22.4. The predicted molar refractivity (Wildman–Crippen MR) is 388 cm³/mol. The van der Waals surface area contributed by atoms with Gasteiger partial charge in [-0.3, -0.25) is 0 Å². The zero-order valence-electron chi connectivity index (χ0n) is 51.1. The van der Waals surface area contributed by atoms with Crippen molar-refractivity contribution in [2.24, 2.45) is 0 Å². The zero-order valence-corrected chi connectivity index (χ0v) is 51.1. The number of nitrogens with zero attached hydrogens (tertiary/aromatic N) is 2. The number of para-hydroxylation sites is 4. The lowest BCUT2D eigenvalue weighted by Gasteiger charge is -2.44. The van der Waals surface area contributed by atoms with E-state index in [1.807, 2.05) is 48.5 Å². The first-order chi connectivity index (χ1) is 46.4. The van der Waals surface area contributed by atoms with Gasteiger partial charge in [0, 0.05) is 77.9 Å². The molecular formula is C87H55BN2O4. The largest absolute Gasteiger partial charge is 0.456 e. The first kappa shape index (κ1) is 53.5. The lowest BCUT2D eigenvalue weighted by Crippen LogP contribution is -2.61. The Morgan fingerprint density at radius 3 is 0.840 bits per heavy atom. The smallest absolute Gasteiger partial charge is 0.252 e. The minimum atomic E-state index is -0.125. The van der Waals surface area contributed by atoms with Crippen LogP contribution in [0.4, 0.5) is 34.1 Å². The summed E-state index contributed by atoms with van der Waals surface area (Å²) in [5.41, 5.74) is 28.1. The molecule has 0 radical (unpaired) electrons. The van der Waals surface area contributed by atoms with Gasteiger partial charge in [-0.15, -0.1) is 0 Å². The van der Waals surface area contributed by atoms with Crippen molar-refractivity contribution in [3.63, 3.8) is 0 Å². The van der Waals surface area contributed by atoms with Crippen molar-refractivity contribution in [2.75, 3.05) is 9.80 Å². The molecule has 0 saturated heterocycles. The number of hydrogen-bond acceptors (Lipinski definition) is 6. The third kappa shape index (κ3) is 9.03. The minimum absolute atomic E-state index is 0.125. The summed E-state index contributed by atoms with van der Waals surface area (Å²) in [6.07, 6.45) is 0. The molecule has 0 N–H and O–H groups in total. The average molecular weight is 1200 g/mol. The highest BCUT2D eigenvalue weighted by Gasteiger charge is 2.44. The van der Waals surface area contributed by atoms with Crippen molar-refractivity contribution >= 4 is 101 Å². The molecule has 2 aliphatic heterocycles. The summed E-state index contributed by atoms with van der Waals surface area (Å²) in [5.74, 6) is 3.41. The van der Waals surface area contributed by atoms with Crippen molar-refractivity contribution in [2.45, 2.75) is 6.92 Å². The first-order valence-electron chi connectivity index (χ1n) is 32.0. The Hall–Kier alpha value is -12.3. The van der Waals surface area contributed by atoms with E-state index in [2.05, 4.69) is 284 Å². The quantitative estimate of drug-likeness (QED) is 0.127. The van der Waals surface area contributed by atoms with E-state index in [0.29, 0.717) is 0 Å². The van der Waals surface area contributed by atoms with Gasteiger partial charge in [-0.2, -0.15) is 0 Å². The zero-order chi connectivity index (χ0) is 62.0. The van der Waals surface area contributed by atoms with Gasteiger partial charge in [0.05, 0.1) is 0 Å². The van der Waals surface area contributed by atoms with Crippen LogP contribution in [0.15, 0.2) is 333 Å². The van der Waals surface area contributed by atoms with Gasteiger partial charge in [-0.25, -0.2) is 0 Å². The van der Waals surface area contributed by atoms with Gasteiger partial charge < -0.3 is 27.5 Å². The number of aryl methyl sites for hydroxylation is 1. The molecule has 0 saturated carbocycles. The number of hydrogen-bond donors (Lipinski definition) is 0. The van der Waals surface area contributed by atoms with E-state index in [0.717, 1.165) is 173 Å². The molecule has 13 aromatic carbocycles. The van der Waals surface area contributed by atoms with Gasteiger partial charge in [-0.05, 0) is 170 Å². The van der Waals surface area contributed by atoms with Crippen LogP contribution in [0.3, 0.4) is 0 Å². The average Bonchev–Trinajstić information content (AvgIpc) is 0.865. The van der Waals surface area contributed by atoms with Gasteiger partial charge in [0.25, 0.3) is 6.71 Å². The summed E-state index contributed by atoms with van der Waals surface area (Å²) in [6.45, 7) is 2.12. The topological polar surface area (TPSA) is 59.0 Å². The molecule has 94 heavy (non-hydrogen) atoms. The molecule has 6 heterocycles. The third-order valence-corrected chi connectivity index (χ3v) is 19.1. The Morgan fingerprint density at radius 2 is 0.521 bits per heavy atom. The molecule has 0 unspecified atom stereocenters. The molecule has 0 aliphatic carbocycles. The van der Waals surface area contributed by atoms with Crippen LogP contribution in [-0.4, -0.2) is 6.71 Å². The molecule has 0 atom stereocenters. The second-order valence-electron chi connectivity index (χ2n) is 24.9. The standard InChI is InChI=1S/C87H55BN2O4/c1-54-44-77-87-78(45-54)90(72-19-11-17-64(47-72)56-26-34-60(35-27-56)84-51-68-13-3-7-21-80(68)92-84)76-49-66(58-30-38-62(39-31-58)86-53-70-15-5-9-23-82(70)94-86)41-43-74(76)88(87)73-42-40-65(57-28-36-61(37-29-57)85-52-69-14-4-8-22-81(69)93-85)48-75(73)89(77)71-18-10-16-63(46-71)55-24-32-59(33-25-55)83-50-67-12-2-6-20-79(67)91-83/h2-53H,1H3. The maximum absolute atomic E-state index is 6.36. The van der Waals surface area contributed by atoms with E-state index in [1.54, 1.807) is 0 Å². The Labute approximate surface area is 543 Å². The maximum atomic E-state index is 6.36. The van der Waals surface area contributed by atoms with Gasteiger partial charge >= 0.3 is 0 Å². The summed E-state index contributed by atoms with van der Waals surface area (Å²) in [4.78, 5) is 5.05. The lowest BCUT2D eigenvalue weighted by atomic mass is 9.33. The van der Waals surface area contributed by atoms with E-state index < -0.39 is 0 Å². The number of furan rings is 4. The molecule has 19 rings (SSSR count). The van der Waals surface area contributed by atoms with Gasteiger partial charge in [0.2, 0.25) is 0 Å². The van der Waals surface area contributed by atoms with E-state index in [1.165, 1.54) is 16.4 Å². The van der Waals surface area contributed by atoms with Crippen molar-refractivity contribution in [3.8, 4) is 89.8 Å². The summed E-state index contributed by atoms with van der Waals surface area (Å²) in [5, 5.41) is 4.36. The third-order valence-electron chi connectivity index (χ3n) is 19.1. The van der Waals surface area contributed by atoms with Gasteiger partial charge in [0.15, 0.2) is 0 Å².